The van der Waals surface area contributed by atoms with Gasteiger partial charge in [-0.05, 0) is 28.3 Å². The normalized spacial score (nSPS) is 11.0. The maximum atomic E-state index is 3.30. The van der Waals surface area contributed by atoms with Gasteiger partial charge in [0.25, 0.3) is 0 Å². The SMILES string of the molecule is CC(C)c1c[c]c2ccccc2c1. The predicted octanol–water partition coefficient (Wildman–Crippen LogP) is 3.76. The van der Waals surface area contributed by atoms with E-state index in [1.807, 2.05) is 6.07 Å². The highest BCUT2D eigenvalue weighted by atomic mass is 14.0. The molecule has 0 heteroatoms. The van der Waals surface area contributed by atoms with Gasteiger partial charge in [-0.3, -0.25) is 0 Å². The number of hydrogen-bond acceptors (Lipinski definition) is 0. The smallest absolute Gasteiger partial charge is 0.00962 e. The molecular weight excluding hydrogens is 156 g/mol. The summed E-state index contributed by atoms with van der Waals surface area (Å²) in [6.07, 6.45) is 0. The lowest BCUT2D eigenvalue weighted by Gasteiger charge is -2.05. The lowest BCUT2D eigenvalue weighted by molar-refractivity contribution is 0.868. The molecule has 2 aromatic rings. The molecule has 0 nitrogen and oxygen atoms in total. The molecule has 0 atom stereocenters. The van der Waals surface area contributed by atoms with E-state index < -0.39 is 0 Å². The van der Waals surface area contributed by atoms with Crippen LogP contribution in [-0.4, -0.2) is 0 Å². The molecule has 0 N–H and O–H groups in total. The average molecular weight is 169 g/mol. The zero-order valence-corrected chi connectivity index (χ0v) is 8.04. The predicted molar refractivity (Wildman–Crippen MR) is 56.9 cm³/mol. The molecular formula is C13H13. The van der Waals surface area contributed by atoms with Crippen LogP contribution in [0.4, 0.5) is 0 Å². The van der Waals surface area contributed by atoms with Gasteiger partial charge in [0.15, 0.2) is 0 Å². The topological polar surface area (TPSA) is 0 Å². The molecule has 13 heavy (non-hydrogen) atoms. The van der Waals surface area contributed by atoms with E-state index in [2.05, 4.69) is 50.2 Å². The van der Waals surface area contributed by atoms with Crippen molar-refractivity contribution in [2.45, 2.75) is 19.8 Å². The summed E-state index contributed by atoms with van der Waals surface area (Å²) in [5.41, 5.74) is 1.36. The van der Waals surface area contributed by atoms with Crippen LogP contribution in [-0.2, 0) is 0 Å². The van der Waals surface area contributed by atoms with E-state index in [9.17, 15) is 0 Å². The Morgan fingerprint density at radius 2 is 1.92 bits per heavy atom. The van der Waals surface area contributed by atoms with Gasteiger partial charge >= 0.3 is 0 Å². The van der Waals surface area contributed by atoms with Gasteiger partial charge in [0.05, 0.1) is 0 Å². The van der Waals surface area contributed by atoms with Crippen LogP contribution in [0.25, 0.3) is 10.8 Å². The Balaban J connectivity index is 2.62. The Labute approximate surface area is 79.2 Å². The van der Waals surface area contributed by atoms with E-state index in [0.717, 1.165) is 0 Å². The first-order valence-corrected chi connectivity index (χ1v) is 4.68. The fourth-order valence-electron chi connectivity index (χ4n) is 1.47. The molecule has 0 aliphatic rings. The van der Waals surface area contributed by atoms with Crippen LogP contribution in [0.3, 0.4) is 0 Å². The first kappa shape index (κ1) is 8.31. The summed E-state index contributed by atoms with van der Waals surface area (Å²) in [4.78, 5) is 0. The lowest BCUT2D eigenvalue weighted by atomic mass is 9.99. The van der Waals surface area contributed by atoms with Crippen LogP contribution in [0.5, 0.6) is 0 Å². The second kappa shape index (κ2) is 3.21. The molecule has 0 aliphatic heterocycles. The third-order valence-electron chi connectivity index (χ3n) is 2.34. The first-order valence-electron chi connectivity index (χ1n) is 4.68. The number of rotatable bonds is 1. The molecule has 0 saturated heterocycles. The van der Waals surface area contributed by atoms with E-state index >= 15 is 0 Å². The maximum Gasteiger partial charge on any atom is -0.00962 e. The molecule has 0 amide bonds. The summed E-state index contributed by atoms with van der Waals surface area (Å²) in [5.74, 6) is 0.584. The van der Waals surface area contributed by atoms with E-state index in [-0.39, 0.29) is 0 Å². The Morgan fingerprint density at radius 3 is 2.69 bits per heavy atom. The molecule has 0 saturated carbocycles. The summed E-state index contributed by atoms with van der Waals surface area (Å²) in [6, 6.07) is 16.0. The van der Waals surface area contributed by atoms with Crippen LogP contribution in [0, 0.1) is 6.07 Å². The maximum absolute atomic E-state index is 3.30. The number of hydrogen-bond donors (Lipinski definition) is 0. The molecule has 1 radical (unpaired) electrons. The van der Waals surface area contributed by atoms with Crippen molar-refractivity contribution >= 4 is 10.8 Å². The third-order valence-corrected chi connectivity index (χ3v) is 2.34. The summed E-state index contributed by atoms with van der Waals surface area (Å²) < 4.78 is 0. The van der Waals surface area contributed by atoms with Gasteiger partial charge in [-0.2, -0.15) is 0 Å². The minimum absolute atomic E-state index is 0.584. The lowest BCUT2D eigenvalue weighted by Crippen LogP contribution is -1.86. The van der Waals surface area contributed by atoms with E-state index in [4.69, 9.17) is 0 Å². The molecule has 65 valence electrons. The first-order chi connectivity index (χ1) is 6.27. The van der Waals surface area contributed by atoms with Crippen molar-refractivity contribution in [2.75, 3.05) is 0 Å². The van der Waals surface area contributed by atoms with Gasteiger partial charge < -0.3 is 0 Å². The monoisotopic (exact) mass is 169 g/mol. The third kappa shape index (κ3) is 1.57. The minimum Gasteiger partial charge on any atom is -0.0616 e. The zero-order valence-electron chi connectivity index (χ0n) is 8.04. The molecule has 0 aliphatic carbocycles. The Bertz CT molecular complexity index is 413. The summed E-state index contributed by atoms with van der Waals surface area (Å²) >= 11 is 0. The molecule has 0 fully saturated rings. The number of fused-ring (bicyclic) bond motifs is 1. The molecule has 2 aromatic carbocycles. The van der Waals surface area contributed by atoms with Gasteiger partial charge in [-0.15, -0.1) is 0 Å². The highest BCUT2D eigenvalue weighted by Crippen LogP contribution is 2.20. The highest BCUT2D eigenvalue weighted by Gasteiger charge is 1.99. The van der Waals surface area contributed by atoms with Crippen molar-refractivity contribution in [1.82, 2.24) is 0 Å². The quantitative estimate of drug-likeness (QED) is 0.609. The highest BCUT2D eigenvalue weighted by molar-refractivity contribution is 5.82. The fraction of sp³-hybridized carbons (Fsp3) is 0.231. The van der Waals surface area contributed by atoms with Crippen LogP contribution >= 0.6 is 0 Å². The van der Waals surface area contributed by atoms with E-state index in [1.165, 1.54) is 16.3 Å². The van der Waals surface area contributed by atoms with Gasteiger partial charge in [-0.1, -0.05) is 50.2 Å². The molecule has 0 aromatic heterocycles. The summed E-state index contributed by atoms with van der Waals surface area (Å²) in [5, 5.41) is 2.49. The molecule has 0 spiro atoms. The minimum atomic E-state index is 0.584. The van der Waals surface area contributed by atoms with Gasteiger partial charge in [0.1, 0.15) is 0 Å². The number of benzene rings is 2. The van der Waals surface area contributed by atoms with Crippen molar-refractivity contribution in [2.24, 2.45) is 0 Å². The van der Waals surface area contributed by atoms with Crippen LogP contribution in [0.2, 0.25) is 0 Å². The molecule has 0 unspecified atom stereocenters. The second-order valence-corrected chi connectivity index (χ2v) is 3.67. The van der Waals surface area contributed by atoms with Gasteiger partial charge in [0.2, 0.25) is 0 Å². The second-order valence-electron chi connectivity index (χ2n) is 3.67. The summed E-state index contributed by atoms with van der Waals surface area (Å²) in [7, 11) is 0. The Morgan fingerprint density at radius 1 is 1.15 bits per heavy atom. The largest absolute Gasteiger partial charge is 0.0616 e. The van der Waals surface area contributed by atoms with E-state index in [1.54, 1.807) is 0 Å². The molecule has 0 heterocycles. The van der Waals surface area contributed by atoms with Crippen molar-refractivity contribution in [1.29, 1.82) is 0 Å². The molecule has 2 rings (SSSR count). The zero-order chi connectivity index (χ0) is 9.26. The average Bonchev–Trinajstić information content (AvgIpc) is 2.17. The van der Waals surface area contributed by atoms with Crippen LogP contribution in [0.1, 0.15) is 25.3 Å². The van der Waals surface area contributed by atoms with Crippen LogP contribution < -0.4 is 0 Å². The Kier molecular flexibility index (Phi) is 2.05. The van der Waals surface area contributed by atoms with Crippen molar-refractivity contribution in [3.63, 3.8) is 0 Å². The Hall–Kier alpha value is -1.30. The molecule has 0 bridgehead atoms. The van der Waals surface area contributed by atoms with Crippen molar-refractivity contribution < 1.29 is 0 Å². The van der Waals surface area contributed by atoms with Crippen LogP contribution in [0.15, 0.2) is 36.4 Å². The standard InChI is InChI=1S/C13H13/c1-10(2)12-8-7-11-5-3-4-6-13(11)9-12/h3-6,8-10H,1-2H3. The summed E-state index contributed by atoms with van der Waals surface area (Å²) in [6.45, 7) is 4.41. The van der Waals surface area contributed by atoms with Gasteiger partial charge in [-0.25, -0.2) is 0 Å². The van der Waals surface area contributed by atoms with E-state index in [0.29, 0.717) is 5.92 Å². The van der Waals surface area contributed by atoms with Gasteiger partial charge in [0, 0.05) is 0 Å². The fourth-order valence-corrected chi connectivity index (χ4v) is 1.47. The van der Waals surface area contributed by atoms with Crippen molar-refractivity contribution in [3.05, 3.63) is 48.0 Å². The van der Waals surface area contributed by atoms with Crippen molar-refractivity contribution in [3.8, 4) is 0 Å².